The summed E-state index contributed by atoms with van der Waals surface area (Å²) in [6.45, 7) is 5.36. The van der Waals surface area contributed by atoms with Crippen molar-refractivity contribution >= 4 is 11.6 Å². The van der Waals surface area contributed by atoms with Crippen LogP contribution in [0.4, 0.5) is 10.1 Å². The molecule has 6 nitrogen and oxygen atoms in total. The Morgan fingerprint density at radius 3 is 2.44 bits per heavy atom. The van der Waals surface area contributed by atoms with Gasteiger partial charge in [-0.25, -0.2) is 4.39 Å². The SMILES string of the molecule is N#C/C(=C/N1CCN(c2ccccc2F)CC1)C(=O)N1CCNCC1. The molecular formula is C18H22FN5O. The lowest BCUT2D eigenvalue weighted by Crippen LogP contribution is -2.47. The number of benzene rings is 1. The number of amides is 1. The lowest BCUT2D eigenvalue weighted by atomic mass is 10.2. The van der Waals surface area contributed by atoms with Gasteiger partial charge in [-0.2, -0.15) is 5.26 Å². The highest BCUT2D eigenvalue weighted by molar-refractivity contribution is 5.97. The first-order valence-corrected chi connectivity index (χ1v) is 8.54. The third kappa shape index (κ3) is 4.09. The quantitative estimate of drug-likeness (QED) is 0.649. The van der Waals surface area contributed by atoms with E-state index in [1.807, 2.05) is 21.9 Å². The zero-order valence-corrected chi connectivity index (χ0v) is 14.1. The molecule has 7 heteroatoms. The third-order valence-corrected chi connectivity index (χ3v) is 4.57. The first kappa shape index (κ1) is 17.2. The molecule has 0 radical (unpaired) electrons. The summed E-state index contributed by atoms with van der Waals surface area (Å²) in [5.74, 6) is -0.432. The lowest BCUT2D eigenvalue weighted by molar-refractivity contribution is -0.127. The van der Waals surface area contributed by atoms with Crippen molar-refractivity contribution in [1.29, 1.82) is 5.26 Å². The highest BCUT2D eigenvalue weighted by atomic mass is 19.1. The Hall–Kier alpha value is -2.59. The molecule has 0 atom stereocenters. The van der Waals surface area contributed by atoms with Crippen LogP contribution >= 0.6 is 0 Å². The predicted octanol–water partition coefficient (Wildman–Crippen LogP) is 0.787. The number of carbonyl (C=O) groups excluding carboxylic acids is 1. The molecule has 0 bridgehead atoms. The van der Waals surface area contributed by atoms with E-state index < -0.39 is 0 Å². The van der Waals surface area contributed by atoms with Crippen molar-refractivity contribution in [1.82, 2.24) is 15.1 Å². The van der Waals surface area contributed by atoms with E-state index >= 15 is 0 Å². The van der Waals surface area contributed by atoms with Crippen LogP contribution in [0.3, 0.4) is 0 Å². The van der Waals surface area contributed by atoms with Crippen LogP contribution in [0.2, 0.25) is 0 Å². The van der Waals surface area contributed by atoms with Crippen LogP contribution in [-0.4, -0.2) is 68.1 Å². The van der Waals surface area contributed by atoms with Crippen LogP contribution in [0.1, 0.15) is 0 Å². The second kappa shape index (κ2) is 7.99. The minimum Gasteiger partial charge on any atom is -0.373 e. The van der Waals surface area contributed by atoms with Crippen molar-refractivity contribution < 1.29 is 9.18 Å². The van der Waals surface area contributed by atoms with Gasteiger partial charge in [0.25, 0.3) is 5.91 Å². The molecule has 2 aliphatic heterocycles. The molecule has 3 rings (SSSR count). The number of halogens is 1. The summed E-state index contributed by atoms with van der Waals surface area (Å²) in [4.78, 5) is 18.1. The van der Waals surface area contributed by atoms with Gasteiger partial charge in [-0.1, -0.05) is 12.1 Å². The van der Waals surface area contributed by atoms with E-state index in [9.17, 15) is 14.4 Å². The van der Waals surface area contributed by atoms with E-state index in [1.54, 1.807) is 23.2 Å². The van der Waals surface area contributed by atoms with Crippen LogP contribution in [0.5, 0.6) is 0 Å². The van der Waals surface area contributed by atoms with Crippen molar-refractivity contribution in [3.8, 4) is 6.07 Å². The molecule has 2 saturated heterocycles. The first-order valence-electron chi connectivity index (χ1n) is 8.54. The smallest absolute Gasteiger partial charge is 0.266 e. The number of anilines is 1. The molecule has 2 fully saturated rings. The lowest BCUT2D eigenvalue weighted by Gasteiger charge is -2.36. The van der Waals surface area contributed by atoms with Gasteiger partial charge in [0.15, 0.2) is 0 Å². The molecule has 0 aliphatic carbocycles. The molecule has 1 N–H and O–H groups in total. The van der Waals surface area contributed by atoms with Gasteiger partial charge in [0.1, 0.15) is 17.5 Å². The Labute approximate surface area is 147 Å². The fourth-order valence-electron chi connectivity index (χ4n) is 3.15. The van der Waals surface area contributed by atoms with Gasteiger partial charge in [-0.3, -0.25) is 4.79 Å². The van der Waals surface area contributed by atoms with Gasteiger partial charge < -0.3 is 20.0 Å². The van der Waals surface area contributed by atoms with Crippen LogP contribution in [-0.2, 0) is 4.79 Å². The average Bonchev–Trinajstić information content (AvgIpc) is 2.67. The summed E-state index contributed by atoms with van der Waals surface area (Å²) in [5, 5.41) is 12.5. The number of rotatable bonds is 3. The Morgan fingerprint density at radius 2 is 1.80 bits per heavy atom. The minimum atomic E-state index is -0.224. The number of carbonyl (C=O) groups is 1. The van der Waals surface area contributed by atoms with Gasteiger partial charge in [0.2, 0.25) is 0 Å². The average molecular weight is 343 g/mol. The van der Waals surface area contributed by atoms with Gasteiger partial charge in [0, 0.05) is 58.6 Å². The Morgan fingerprint density at radius 1 is 1.12 bits per heavy atom. The maximum Gasteiger partial charge on any atom is 0.266 e. The maximum atomic E-state index is 13.9. The molecule has 1 amide bonds. The highest BCUT2D eigenvalue weighted by Crippen LogP contribution is 2.20. The maximum absolute atomic E-state index is 13.9. The van der Waals surface area contributed by atoms with Crippen LogP contribution in [0.25, 0.3) is 0 Å². The zero-order valence-electron chi connectivity index (χ0n) is 14.1. The van der Waals surface area contributed by atoms with Crippen molar-refractivity contribution in [3.63, 3.8) is 0 Å². The molecule has 0 unspecified atom stereocenters. The summed E-state index contributed by atoms with van der Waals surface area (Å²) in [6.07, 6.45) is 1.66. The summed E-state index contributed by atoms with van der Waals surface area (Å²) < 4.78 is 13.9. The van der Waals surface area contributed by atoms with E-state index in [0.29, 0.717) is 45.0 Å². The Kier molecular flexibility index (Phi) is 5.51. The van der Waals surface area contributed by atoms with Crippen molar-refractivity contribution in [2.45, 2.75) is 0 Å². The van der Waals surface area contributed by atoms with Crippen molar-refractivity contribution in [3.05, 3.63) is 41.9 Å². The molecule has 2 aliphatic rings. The monoisotopic (exact) mass is 343 g/mol. The third-order valence-electron chi connectivity index (χ3n) is 4.57. The molecule has 2 heterocycles. The molecule has 0 spiro atoms. The summed E-state index contributed by atoms with van der Waals surface area (Å²) in [6, 6.07) is 8.77. The number of para-hydroxylation sites is 1. The number of nitrogens with one attached hydrogen (secondary N) is 1. The zero-order chi connectivity index (χ0) is 17.6. The highest BCUT2D eigenvalue weighted by Gasteiger charge is 2.23. The topological polar surface area (TPSA) is 62.6 Å². The van der Waals surface area contributed by atoms with Crippen molar-refractivity contribution in [2.75, 3.05) is 57.3 Å². The Balaban J connectivity index is 1.61. The van der Waals surface area contributed by atoms with E-state index in [-0.39, 0.29) is 17.3 Å². The molecule has 1 aromatic rings. The largest absolute Gasteiger partial charge is 0.373 e. The number of hydrogen-bond donors (Lipinski definition) is 1. The molecule has 132 valence electrons. The number of hydrogen-bond acceptors (Lipinski definition) is 5. The van der Waals surface area contributed by atoms with Gasteiger partial charge in [0.05, 0.1) is 5.69 Å². The molecule has 25 heavy (non-hydrogen) atoms. The van der Waals surface area contributed by atoms with Crippen molar-refractivity contribution in [2.24, 2.45) is 0 Å². The molecule has 0 saturated carbocycles. The second-order valence-corrected chi connectivity index (χ2v) is 6.17. The van der Waals surface area contributed by atoms with E-state index in [1.165, 1.54) is 6.07 Å². The van der Waals surface area contributed by atoms with E-state index in [0.717, 1.165) is 13.1 Å². The number of nitrogens with zero attached hydrogens (tertiary/aromatic N) is 4. The number of nitriles is 1. The second-order valence-electron chi connectivity index (χ2n) is 6.17. The minimum absolute atomic E-state index is 0.168. The van der Waals surface area contributed by atoms with Crippen LogP contribution in [0.15, 0.2) is 36.0 Å². The summed E-state index contributed by atoms with van der Waals surface area (Å²) in [7, 11) is 0. The summed E-state index contributed by atoms with van der Waals surface area (Å²) >= 11 is 0. The first-order chi connectivity index (χ1) is 12.2. The molecule has 1 aromatic carbocycles. The van der Waals surface area contributed by atoms with Gasteiger partial charge in [-0.05, 0) is 12.1 Å². The van der Waals surface area contributed by atoms with E-state index in [2.05, 4.69) is 5.32 Å². The van der Waals surface area contributed by atoms with E-state index in [4.69, 9.17) is 0 Å². The molecular weight excluding hydrogens is 321 g/mol. The fourth-order valence-corrected chi connectivity index (χ4v) is 3.15. The standard InChI is InChI=1S/C18H22FN5O/c19-16-3-1-2-4-17(16)23-11-9-22(10-12-23)14-15(13-20)18(25)24-7-5-21-6-8-24/h1-4,14,21H,5-12H2/b15-14-. The summed E-state index contributed by atoms with van der Waals surface area (Å²) in [5.41, 5.74) is 0.768. The van der Waals surface area contributed by atoms with Gasteiger partial charge >= 0.3 is 0 Å². The van der Waals surface area contributed by atoms with Crippen LogP contribution in [0, 0.1) is 17.1 Å². The number of piperazine rings is 2. The Bertz CT molecular complexity index is 685. The fraction of sp³-hybridized carbons (Fsp3) is 0.444. The molecule has 0 aromatic heterocycles. The van der Waals surface area contributed by atoms with Crippen LogP contribution < -0.4 is 10.2 Å². The van der Waals surface area contributed by atoms with Gasteiger partial charge in [-0.15, -0.1) is 0 Å². The normalized spacial score (nSPS) is 18.9. The predicted molar refractivity (Wildman–Crippen MR) is 93.3 cm³/mol.